The smallest absolute Gasteiger partial charge is 0.136 e. The van der Waals surface area contributed by atoms with Crippen LogP contribution in [0.3, 0.4) is 0 Å². The molecule has 0 fully saturated rings. The molecule has 1 heterocycles. The molecule has 0 radical (unpaired) electrons. The molecule has 0 unspecified atom stereocenters. The second-order valence-electron chi connectivity index (χ2n) is 13.3. The summed E-state index contributed by atoms with van der Waals surface area (Å²) in [5.41, 5.74) is 12.3. The third-order valence-corrected chi connectivity index (χ3v) is 10.3. The van der Waals surface area contributed by atoms with E-state index in [9.17, 15) is 0 Å². The maximum Gasteiger partial charge on any atom is 0.136 e. The Kier molecular flexibility index (Phi) is 7.18. The van der Waals surface area contributed by atoms with Crippen LogP contribution in [0, 0.1) is 0 Å². The van der Waals surface area contributed by atoms with Crippen LogP contribution in [0.4, 0.5) is 17.1 Å². The summed E-state index contributed by atoms with van der Waals surface area (Å²) in [7, 11) is 0. The van der Waals surface area contributed by atoms with Gasteiger partial charge >= 0.3 is 0 Å². The SMILES string of the molecule is c1ccc(-c2ccc(-c3ccc(N(c4ccc(-c5ccc6c(c5)oc5ccc7ccccc7c56)cc4)c4cccc5ccccc45)cc3)cc2)cc1. The van der Waals surface area contributed by atoms with Crippen molar-refractivity contribution in [2.75, 3.05) is 4.90 Å². The molecule has 52 heavy (non-hydrogen) atoms. The van der Waals surface area contributed by atoms with Gasteiger partial charge in [-0.25, -0.2) is 0 Å². The van der Waals surface area contributed by atoms with Crippen molar-refractivity contribution in [2.45, 2.75) is 0 Å². The molecular weight excluding hydrogens is 631 g/mol. The highest BCUT2D eigenvalue weighted by Gasteiger charge is 2.17. The average molecular weight is 664 g/mol. The lowest BCUT2D eigenvalue weighted by molar-refractivity contribution is 0.669. The molecule has 0 spiro atoms. The Morgan fingerprint density at radius 2 is 0.808 bits per heavy atom. The van der Waals surface area contributed by atoms with Crippen LogP contribution in [-0.4, -0.2) is 0 Å². The molecule has 1 aromatic heterocycles. The lowest BCUT2D eigenvalue weighted by Gasteiger charge is -2.27. The molecule has 0 atom stereocenters. The predicted molar refractivity (Wildman–Crippen MR) is 220 cm³/mol. The van der Waals surface area contributed by atoms with Crippen LogP contribution in [0.5, 0.6) is 0 Å². The van der Waals surface area contributed by atoms with Crippen LogP contribution >= 0.6 is 0 Å². The van der Waals surface area contributed by atoms with Crippen molar-refractivity contribution < 1.29 is 4.42 Å². The van der Waals surface area contributed by atoms with E-state index in [4.69, 9.17) is 4.42 Å². The molecule has 0 saturated heterocycles. The van der Waals surface area contributed by atoms with E-state index in [2.05, 4.69) is 205 Å². The van der Waals surface area contributed by atoms with Crippen LogP contribution < -0.4 is 4.90 Å². The van der Waals surface area contributed by atoms with Crippen molar-refractivity contribution >= 4 is 60.5 Å². The van der Waals surface area contributed by atoms with E-state index in [1.54, 1.807) is 0 Å². The first-order valence-electron chi connectivity index (χ1n) is 17.8. The van der Waals surface area contributed by atoms with Gasteiger partial charge in [-0.3, -0.25) is 0 Å². The molecule has 0 aliphatic heterocycles. The van der Waals surface area contributed by atoms with Gasteiger partial charge in [0.2, 0.25) is 0 Å². The van der Waals surface area contributed by atoms with Gasteiger partial charge < -0.3 is 9.32 Å². The standard InChI is InChI=1S/C50H33NO/c1-2-9-34(10-3-1)35-17-19-36(20-18-35)37-21-27-42(28-22-37)51(47-16-8-13-39-11-4-6-14-44(39)47)43-29-23-38(24-30-43)41-25-31-46-49(33-41)52-48-32-26-40-12-5-7-15-45(40)50(46)48/h1-33H. The summed E-state index contributed by atoms with van der Waals surface area (Å²) >= 11 is 0. The average Bonchev–Trinajstić information content (AvgIpc) is 3.61. The van der Waals surface area contributed by atoms with Crippen LogP contribution in [0.15, 0.2) is 205 Å². The molecule has 0 saturated carbocycles. The van der Waals surface area contributed by atoms with Gasteiger partial charge in [-0.2, -0.15) is 0 Å². The van der Waals surface area contributed by atoms with E-state index >= 15 is 0 Å². The van der Waals surface area contributed by atoms with Crippen molar-refractivity contribution in [1.29, 1.82) is 0 Å². The van der Waals surface area contributed by atoms with Crippen LogP contribution in [-0.2, 0) is 0 Å². The molecule has 0 bridgehead atoms. The second kappa shape index (κ2) is 12.5. The van der Waals surface area contributed by atoms with Crippen LogP contribution in [0.2, 0.25) is 0 Å². The highest BCUT2D eigenvalue weighted by atomic mass is 16.3. The van der Waals surface area contributed by atoms with Gasteiger partial charge in [0.05, 0.1) is 5.69 Å². The fraction of sp³-hybridized carbons (Fsp3) is 0. The number of anilines is 3. The van der Waals surface area contributed by atoms with Gasteiger partial charge in [-0.15, -0.1) is 0 Å². The van der Waals surface area contributed by atoms with Crippen LogP contribution in [0.1, 0.15) is 0 Å². The van der Waals surface area contributed by atoms with Gasteiger partial charge in [0.15, 0.2) is 0 Å². The van der Waals surface area contributed by atoms with Gasteiger partial charge in [0, 0.05) is 27.5 Å². The zero-order valence-electron chi connectivity index (χ0n) is 28.4. The first kappa shape index (κ1) is 30.0. The Morgan fingerprint density at radius 3 is 1.48 bits per heavy atom. The number of nitrogens with zero attached hydrogens (tertiary/aromatic N) is 1. The van der Waals surface area contributed by atoms with E-state index in [-0.39, 0.29) is 0 Å². The summed E-state index contributed by atoms with van der Waals surface area (Å²) < 4.78 is 6.40. The fourth-order valence-electron chi connectivity index (χ4n) is 7.65. The van der Waals surface area contributed by atoms with Crippen LogP contribution in [0.25, 0.3) is 76.9 Å². The Hall–Kier alpha value is -6.90. The Morgan fingerprint density at radius 1 is 0.308 bits per heavy atom. The minimum Gasteiger partial charge on any atom is -0.456 e. The van der Waals surface area contributed by atoms with E-state index < -0.39 is 0 Å². The molecular formula is C50H33NO. The zero-order chi connectivity index (χ0) is 34.4. The summed E-state index contributed by atoms with van der Waals surface area (Å²) in [4.78, 5) is 2.36. The fourth-order valence-corrected chi connectivity index (χ4v) is 7.65. The number of benzene rings is 9. The molecule has 244 valence electrons. The maximum atomic E-state index is 6.40. The summed E-state index contributed by atoms with van der Waals surface area (Å²) in [6.07, 6.45) is 0. The molecule has 0 N–H and O–H groups in total. The predicted octanol–water partition coefficient (Wildman–Crippen LogP) is 14.4. The second-order valence-corrected chi connectivity index (χ2v) is 13.3. The molecule has 2 heteroatoms. The quantitative estimate of drug-likeness (QED) is 0.176. The van der Waals surface area contributed by atoms with E-state index in [1.807, 2.05) is 0 Å². The lowest BCUT2D eigenvalue weighted by Crippen LogP contribution is -2.10. The van der Waals surface area contributed by atoms with Gasteiger partial charge in [-0.1, -0.05) is 152 Å². The van der Waals surface area contributed by atoms with E-state index in [0.29, 0.717) is 0 Å². The number of hydrogen-bond donors (Lipinski definition) is 0. The molecule has 10 rings (SSSR count). The highest BCUT2D eigenvalue weighted by Crippen LogP contribution is 2.41. The minimum atomic E-state index is 0.903. The molecule has 0 aliphatic rings. The first-order valence-corrected chi connectivity index (χ1v) is 17.8. The third-order valence-electron chi connectivity index (χ3n) is 10.3. The summed E-state index contributed by atoms with van der Waals surface area (Å²) in [6, 6.07) is 71.6. The van der Waals surface area contributed by atoms with Crippen molar-refractivity contribution in [3.05, 3.63) is 200 Å². The first-order chi connectivity index (χ1) is 25.8. The van der Waals surface area contributed by atoms with Crippen molar-refractivity contribution in [3.63, 3.8) is 0 Å². The lowest BCUT2D eigenvalue weighted by atomic mass is 9.99. The number of hydrogen-bond acceptors (Lipinski definition) is 2. The molecule has 2 nitrogen and oxygen atoms in total. The summed E-state index contributed by atoms with van der Waals surface area (Å²) in [6.45, 7) is 0. The number of furan rings is 1. The summed E-state index contributed by atoms with van der Waals surface area (Å²) in [5.74, 6) is 0. The van der Waals surface area contributed by atoms with Gasteiger partial charge in [0.1, 0.15) is 11.2 Å². The van der Waals surface area contributed by atoms with Crippen molar-refractivity contribution in [1.82, 2.24) is 0 Å². The largest absolute Gasteiger partial charge is 0.456 e. The molecule has 0 aliphatic carbocycles. The molecule has 9 aromatic carbocycles. The molecule has 10 aromatic rings. The van der Waals surface area contributed by atoms with Crippen molar-refractivity contribution in [3.8, 4) is 33.4 Å². The van der Waals surface area contributed by atoms with E-state index in [1.165, 1.54) is 49.2 Å². The zero-order valence-corrected chi connectivity index (χ0v) is 28.4. The number of rotatable bonds is 6. The minimum absolute atomic E-state index is 0.903. The Bertz CT molecular complexity index is 2860. The van der Waals surface area contributed by atoms with E-state index in [0.717, 1.165) is 44.7 Å². The highest BCUT2D eigenvalue weighted by molar-refractivity contribution is 6.19. The number of fused-ring (bicyclic) bond motifs is 6. The monoisotopic (exact) mass is 663 g/mol. The Labute approximate surface area is 302 Å². The maximum absolute atomic E-state index is 6.40. The molecule has 0 amide bonds. The normalized spacial score (nSPS) is 11.5. The topological polar surface area (TPSA) is 16.4 Å². The summed E-state index contributed by atoms with van der Waals surface area (Å²) in [5, 5.41) is 7.18. The Balaban J connectivity index is 1.02. The van der Waals surface area contributed by atoms with Crippen molar-refractivity contribution in [2.24, 2.45) is 0 Å². The van der Waals surface area contributed by atoms with Gasteiger partial charge in [-0.05, 0) is 98.1 Å². The third kappa shape index (κ3) is 5.21. The van der Waals surface area contributed by atoms with Gasteiger partial charge in [0.25, 0.3) is 0 Å².